The van der Waals surface area contributed by atoms with Gasteiger partial charge in [0.25, 0.3) is 0 Å². The highest BCUT2D eigenvalue weighted by Crippen LogP contribution is 2.43. The largest absolute Gasteiger partial charge is 0.506 e. The number of likely N-dealkylation sites (tertiary alicyclic amines) is 1. The smallest absolute Gasteiger partial charge is 0.165 e. The van der Waals surface area contributed by atoms with Gasteiger partial charge in [-0.3, -0.25) is 9.88 Å². The molecule has 2 aliphatic rings. The second-order valence-electron chi connectivity index (χ2n) is 7.61. The van der Waals surface area contributed by atoms with Crippen molar-refractivity contribution in [3.63, 3.8) is 0 Å². The second-order valence-corrected chi connectivity index (χ2v) is 7.61. The molecule has 2 aromatic rings. The number of fused-ring (bicyclic) bond motifs is 1. The molecule has 2 fully saturated rings. The summed E-state index contributed by atoms with van der Waals surface area (Å²) in [6, 6.07) is 8.97. The van der Waals surface area contributed by atoms with Gasteiger partial charge in [-0.25, -0.2) is 4.39 Å². The maximum absolute atomic E-state index is 13.8. The Labute approximate surface area is 161 Å². The highest BCUT2D eigenvalue weighted by molar-refractivity contribution is 5.25. The summed E-state index contributed by atoms with van der Waals surface area (Å²) < 4.78 is 19.5. The van der Waals surface area contributed by atoms with Crippen molar-refractivity contribution < 1.29 is 29.6 Å². The van der Waals surface area contributed by atoms with Crippen molar-refractivity contribution in [2.75, 3.05) is 19.6 Å². The molecule has 8 heteroatoms. The molecule has 1 aliphatic carbocycles. The number of aromatic nitrogens is 1. The molecule has 1 saturated carbocycles. The monoisotopic (exact) mass is 390 g/mol. The number of hydrogen-bond donors (Lipinski definition) is 4. The van der Waals surface area contributed by atoms with E-state index in [1.165, 1.54) is 24.4 Å². The van der Waals surface area contributed by atoms with Crippen LogP contribution in [0.5, 0.6) is 11.5 Å². The molecule has 4 N–H and O–H groups in total. The van der Waals surface area contributed by atoms with E-state index in [-0.39, 0.29) is 30.5 Å². The number of β-amino-alcohol motifs (C(OH)–C–C–N with tert-alkyl or cyclic N) is 2. The van der Waals surface area contributed by atoms with Crippen LogP contribution >= 0.6 is 0 Å². The molecule has 1 aliphatic heterocycles. The summed E-state index contributed by atoms with van der Waals surface area (Å²) in [7, 11) is 0. The summed E-state index contributed by atoms with van der Waals surface area (Å²) in [5.74, 6) is -0.685. The van der Waals surface area contributed by atoms with Gasteiger partial charge in [0.1, 0.15) is 29.7 Å². The van der Waals surface area contributed by atoms with Crippen molar-refractivity contribution in [2.45, 2.75) is 30.3 Å². The van der Waals surface area contributed by atoms with Gasteiger partial charge < -0.3 is 25.2 Å². The van der Waals surface area contributed by atoms with Gasteiger partial charge in [0.2, 0.25) is 0 Å². The second kappa shape index (κ2) is 7.29. The average molecular weight is 390 g/mol. The summed E-state index contributed by atoms with van der Waals surface area (Å²) >= 11 is 0. The van der Waals surface area contributed by atoms with Crippen LogP contribution < -0.4 is 4.74 Å². The number of nitrogens with zero attached hydrogens (tertiary/aromatic N) is 2. The fourth-order valence-corrected chi connectivity index (χ4v) is 4.25. The van der Waals surface area contributed by atoms with E-state index >= 15 is 0 Å². The third kappa shape index (κ3) is 3.44. The lowest BCUT2D eigenvalue weighted by molar-refractivity contribution is -0.0879. The fraction of sp³-hybridized carbons (Fsp3) is 0.450. The summed E-state index contributed by atoms with van der Waals surface area (Å²) in [6.07, 6.45) is -1.09. The van der Waals surface area contributed by atoms with Crippen LogP contribution in [-0.4, -0.2) is 67.8 Å². The number of benzene rings is 1. The van der Waals surface area contributed by atoms with Crippen LogP contribution in [0, 0.1) is 11.7 Å². The van der Waals surface area contributed by atoms with Crippen LogP contribution in [0.1, 0.15) is 18.2 Å². The number of para-hydroxylation sites is 1. The van der Waals surface area contributed by atoms with Crippen LogP contribution in [0.3, 0.4) is 0 Å². The van der Waals surface area contributed by atoms with E-state index in [0.717, 1.165) is 0 Å². The first-order valence-corrected chi connectivity index (χ1v) is 9.24. The highest BCUT2D eigenvalue weighted by atomic mass is 19.1. The van der Waals surface area contributed by atoms with Crippen molar-refractivity contribution >= 4 is 0 Å². The lowest BCUT2D eigenvalue weighted by atomic mass is 9.93. The van der Waals surface area contributed by atoms with Gasteiger partial charge in [-0.15, -0.1) is 0 Å². The Balaban J connectivity index is 1.39. The minimum atomic E-state index is -1.38. The van der Waals surface area contributed by atoms with Gasteiger partial charge >= 0.3 is 0 Å². The molecular weight excluding hydrogens is 367 g/mol. The Hall–Kier alpha value is -2.26. The first-order valence-electron chi connectivity index (χ1n) is 9.24. The molecule has 0 spiro atoms. The van der Waals surface area contributed by atoms with E-state index in [9.17, 15) is 24.8 Å². The van der Waals surface area contributed by atoms with Crippen LogP contribution in [-0.2, 0) is 0 Å². The van der Waals surface area contributed by atoms with Gasteiger partial charge in [-0.2, -0.15) is 0 Å². The Morgan fingerprint density at radius 2 is 2.07 bits per heavy atom. The van der Waals surface area contributed by atoms with Crippen molar-refractivity contribution in [1.29, 1.82) is 0 Å². The standard InChI is InChI=1S/C20H23FN2O5/c21-14-3-1-2-4-17(14)28-18-7-12-9-23(11-20(12,27)19(18)26)10-16(25)15-6-5-13(24)8-22-15/h1-6,8,12,16,18-19,24-27H,7,9-11H2/t12-,16+,18+,19+,20-/m1/s1. The molecule has 1 aromatic heterocycles. The van der Waals surface area contributed by atoms with Crippen LogP contribution in [0.15, 0.2) is 42.6 Å². The molecule has 150 valence electrons. The predicted molar refractivity (Wildman–Crippen MR) is 97.2 cm³/mol. The van der Waals surface area contributed by atoms with E-state index in [2.05, 4.69) is 4.98 Å². The van der Waals surface area contributed by atoms with Gasteiger partial charge in [-0.05, 0) is 30.7 Å². The van der Waals surface area contributed by atoms with Crippen molar-refractivity contribution in [2.24, 2.45) is 5.92 Å². The zero-order valence-electron chi connectivity index (χ0n) is 15.1. The molecule has 0 radical (unpaired) electrons. The van der Waals surface area contributed by atoms with E-state index < -0.39 is 29.7 Å². The normalized spacial score (nSPS) is 30.9. The zero-order valence-corrected chi connectivity index (χ0v) is 15.1. The Kier molecular flexibility index (Phi) is 4.96. The molecule has 4 rings (SSSR count). The van der Waals surface area contributed by atoms with Gasteiger partial charge in [0.15, 0.2) is 11.6 Å². The van der Waals surface area contributed by atoms with Crippen LogP contribution in [0.2, 0.25) is 0 Å². The van der Waals surface area contributed by atoms with E-state index in [0.29, 0.717) is 18.7 Å². The van der Waals surface area contributed by atoms with Crippen molar-refractivity contribution in [1.82, 2.24) is 9.88 Å². The topological polar surface area (TPSA) is 106 Å². The molecule has 0 unspecified atom stereocenters. The Morgan fingerprint density at radius 3 is 2.75 bits per heavy atom. The maximum Gasteiger partial charge on any atom is 0.165 e. The lowest BCUT2D eigenvalue weighted by Gasteiger charge is -2.29. The number of halogens is 1. The van der Waals surface area contributed by atoms with Crippen molar-refractivity contribution in [3.8, 4) is 11.5 Å². The Morgan fingerprint density at radius 1 is 1.29 bits per heavy atom. The zero-order chi connectivity index (χ0) is 19.9. The quantitative estimate of drug-likeness (QED) is 0.599. The van der Waals surface area contributed by atoms with Crippen molar-refractivity contribution in [3.05, 3.63) is 54.1 Å². The predicted octanol–water partition coefficient (Wildman–Crippen LogP) is 0.835. The number of ether oxygens (including phenoxy) is 1. The average Bonchev–Trinajstić information content (AvgIpc) is 3.09. The van der Waals surface area contributed by atoms with Crippen LogP contribution in [0.4, 0.5) is 4.39 Å². The SMILES string of the molecule is Oc1ccc([C@@H](O)CN2C[C@H]3C[C@H](Oc4ccccc4F)[C@H](O)[C@@]3(O)C2)nc1. The minimum Gasteiger partial charge on any atom is -0.506 e. The van der Waals surface area contributed by atoms with Gasteiger partial charge in [-0.1, -0.05) is 12.1 Å². The molecule has 0 bridgehead atoms. The third-order valence-corrected chi connectivity index (χ3v) is 5.70. The fourth-order valence-electron chi connectivity index (χ4n) is 4.25. The summed E-state index contributed by atoms with van der Waals surface area (Å²) in [6.45, 7) is 0.882. The first-order chi connectivity index (χ1) is 13.4. The molecular formula is C20H23FN2O5. The molecule has 5 atom stereocenters. The highest BCUT2D eigenvalue weighted by Gasteiger charge is 2.59. The number of pyridine rings is 1. The van der Waals surface area contributed by atoms with Gasteiger partial charge in [0.05, 0.1) is 11.9 Å². The molecule has 1 saturated heterocycles. The van der Waals surface area contributed by atoms with E-state index in [1.54, 1.807) is 18.2 Å². The summed E-state index contributed by atoms with van der Waals surface area (Å²) in [5.41, 5.74) is -0.957. The summed E-state index contributed by atoms with van der Waals surface area (Å²) in [4.78, 5) is 5.87. The van der Waals surface area contributed by atoms with E-state index in [1.807, 2.05) is 4.90 Å². The molecule has 0 amide bonds. The Bertz CT molecular complexity index is 836. The number of aliphatic hydroxyl groups is 3. The van der Waals surface area contributed by atoms with E-state index in [4.69, 9.17) is 4.74 Å². The summed E-state index contributed by atoms with van der Waals surface area (Å²) in [5, 5.41) is 41.3. The molecule has 2 heterocycles. The number of rotatable bonds is 5. The number of hydrogen-bond acceptors (Lipinski definition) is 7. The van der Waals surface area contributed by atoms with Gasteiger partial charge in [0, 0.05) is 25.6 Å². The third-order valence-electron chi connectivity index (χ3n) is 5.70. The van der Waals surface area contributed by atoms with Crippen LogP contribution in [0.25, 0.3) is 0 Å². The lowest BCUT2D eigenvalue weighted by Crippen LogP contribution is -2.49. The molecule has 28 heavy (non-hydrogen) atoms. The first kappa shape index (κ1) is 19.1. The maximum atomic E-state index is 13.8. The number of aliphatic hydroxyl groups excluding tert-OH is 2. The molecule has 7 nitrogen and oxygen atoms in total. The number of aromatic hydroxyl groups is 1. The molecule has 1 aromatic carbocycles. The minimum absolute atomic E-state index is 0.0185.